The van der Waals surface area contributed by atoms with Crippen LogP contribution in [0.2, 0.25) is 0 Å². The Labute approximate surface area is 121 Å². The van der Waals surface area contributed by atoms with E-state index in [1.54, 1.807) is 6.92 Å². The largest absolute Gasteiger partial charge is 0.443 e. The van der Waals surface area contributed by atoms with Crippen LogP contribution in [0.3, 0.4) is 0 Å². The maximum Gasteiger partial charge on any atom is 0.407 e. The Morgan fingerprint density at radius 2 is 2.00 bits per heavy atom. The van der Waals surface area contributed by atoms with E-state index in [1.165, 1.54) is 0 Å². The van der Waals surface area contributed by atoms with Crippen molar-refractivity contribution in [3.63, 3.8) is 0 Å². The first-order valence-electron chi connectivity index (χ1n) is 7.30. The van der Waals surface area contributed by atoms with Gasteiger partial charge in [0.05, 0.1) is 0 Å². The van der Waals surface area contributed by atoms with Crippen molar-refractivity contribution in [2.45, 2.75) is 52.2 Å². The molecule has 0 fully saturated rings. The Balaban J connectivity index is 2.68. The molecule has 112 valence electrons. The van der Waals surface area contributed by atoms with Gasteiger partial charge in [-0.2, -0.15) is 0 Å². The third-order valence-electron chi connectivity index (χ3n) is 3.15. The first-order chi connectivity index (χ1) is 9.60. The minimum Gasteiger partial charge on any atom is -0.443 e. The molecule has 0 aliphatic rings. The van der Waals surface area contributed by atoms with E-state index < -0.39 is 18.3 Å². The average molecular weight is 279 g/mol. The fraction of sp³-hybridized carbons (Fsp3) is 0.562. The fourth-order valence-electron chi connectivity index (χ4n) is 2.07. The van der Waals surface area contributed by atoms with Gasteiger partial charge in [0, 0.05) is 6.54 Å². The molecule has 4 heteroatoms. The van der Waals surface area contributed by atoms with Crippen LogP contribution in [0.25, 0.3) is 0 Å². The number of nitrogens with one attached hydrogen (secondary N) is 1. The highest BCUT2D eigenvalue weighted by Gasteiger charge is 2.22. The van der Waals surface area contributed by atoms with Crippen molar-refractivity contribution in [2.24, 2.45) is 0 Å². The summed E-state index contributed by atoms with van der Waals surface area (Å²) in [5, 5.41) is 13.0. The molecule has 0 saturated carbocycles. The second-order valence-electron chi connectivity index (χ2n) is 4.93. The summed E-state index contributed by atoms with van der Waals surface area (Å²) in [6.07, 6.45) is 0.907. The number of benzene rings is 1. The van der Waals surface area contributed by atoms with Crippen molar-refractivity contribution in [3.8, 4) is 0 Å². The lowest BCUT2D eigenvalue weighted by Gasteiger charge is -2.22. The number of ether oxygens (including phenoxy) is 1. The standard InChI is InChI=1S/C16H25NO3/c1-4-8-13-9-6-7-10-14(13)15(18)12(3)20-16(19)17-11-5-2/h6-7,9-10,12,15,18H,4-5,8,11H2,1-3H3,(H,17,19). The number of carbonyl (C=O) groups is 1. The van der Waals surface area contributed by atoms with Crippen LogP contribution >= 0.6 is 0 Å². The van der Waals surface area contributed by atoms with E-state index in [0.29, 0.717) is 6.54 Å². The van der Waals surface area contributed by atoms with Crippen molar-refractivity contribution in [1.29, 1.82) is 0 Å². The molecular weight excluding hydrogens is 254 g/mol. The summed E-state index contributed by atoms with van der Waals surface area (Å²) in [6, 6.07) is 7.74. The number of aliphatic hydroxyl groups excluding tert-OH is 1. The predicted molar refractivity (Wildman–Crippen MR) is 79.6 cm³/mol. The van der Waals surface area contributed by atoms with Gasteiger partial charge in [-0.1, -0.05) is 44.5 Å². The lowest BCUT2D eigenvalue weighted by Crippen LogP contribution is -2.31. The Hall–Kier alpha value is -1.55. The number of hydrogen-bond acceptors (Lipinski definition) is 3. The molecule has 0 aromatic heterocycles. The molecule has 1 aromatic rings. The number of aryl methyl sites for hydroxylation is 1. The summed E-state index contributed by atoms with van der Waals surface area (Å²) in [5.74, 6) is 0. The molecule has 2 atom stereocenters. The second-order valence-corrected chi connectivity index (χ2v) is 4.93. The Morgan fingerprint density at radius 1 is 1.30 bits per heavy atom. The quantitative estimate of drug-likeness (QED) is 0.806. The van der Waals surface area contributed by atoms with Gasteiger partial charge < -0.3 is 15.2 Å². The number of alkyl carbamates (subject to hydrolysis) is 1. The van der Waals surface area contributed by atoms with Gasteiger partial charge in [0.25, 0.3) is 0 Å². The number of rotatable bonds is 7. The second kappa shape index (κ2) is 8.59. The first-order valence-corrected chi connectivity index (χ1v) is 7.30. The van der Waals surface area contributed by atoms with E-state index >= 15 is 0 Å². The zero-order chi connectivity index (χ0) is 15.0. The molecule has 1 aromatic carbocycles. The lowest BCUT2D eigenvalue weighted by molar-refractivity contribution is 0.0115. The van der Waals surface area contributed by atoms with Gasteiger partial charge in [0.2, 0.25) is 0 Å². The molecular formula is C16H25NO3. The lowest BCUT2D eigenvalue weighted by atomic mass is 9.96. The number of amides is 1. The van der Waals surface area contributed by atoms with Crippen LogP contribution in [0.4, 0.5) is 4.79 Å². The summed E-state index contributed by atoms with van der Waals surface area (Å²) < 4.78 is 5.20. The molecule has 0 aliphatic carbocycles. The van der Waals surface area contributed by atoms with Crippen LogP contribution < -0.4 is 5.32 Å². The molecule has 0 spiro atoms. The monoisotopic (exact) mass is 279 g/mol. The summed E-state index contributed by atoms with van der Waals surface area (Å²) in [7, 11) is 0. The third kappa shape index (κ3) is 4.85. The van der Waals surface area contributed by atoms with Gasteiger partial charge in [-0.15, -0.1) is 0 Å². The molecule has 2 N–H and O–H groups in total. The molecule has 0 saturated heterocycles. The minimum atomic E-state index is -0.801. The van der Waals surface area contributed by atoms with Gasteiger partial charge in [-0.3, -0.25) is 0 Å². The van der Waals surface area contributed by atoms with Gasteiger partial charge in [-0.25, -0.2) is 4.79 Å². The topological polar surface area (TPSA) is 58.6 Å². The Kier molecular flexibility index (Phi) is 7.09. The average Bonchev–Trinajstić information content (AvgIpc) is 2.45. The molecule has 0 aliphatic heterocycles. The smallest absolute Gasteiger partial charge is 0.407 e. The van der Waals surface area contributed by atoms with Crippen molar-refractivity contribution in [2.75, 3.05) is 6.54 Å². The number of aliphatic hydroxyl groups is 1. The van der Waals surface area contributed by atoms with E-state index in [0.717, 1.165) is 30.4 Å². The van der Waals surface area contributed by atoms with Crippen molar-refractivity contribution in [3.05, 3.63) is 35.4 Å². The summed E-state index contributed by atoms with van der Waals surface area (Å²) in [6.45, 7) is 6.35. The molecule has 0 heterocycles. The number of carbonyl (C=O) groups excluding carboxylic acids is 1. The van der Waals surface area contributed by atoms with E-state index in [-0.39, 0.29) is 0 Å². The zero-order valence-corrected chi connectivity index (χ0v) is 12.6. The molecule has 2 unspecified atom stereocenters. The van der Waals surface area contributed by atoms with Gasteiger partial charge in [0.15, 0.2) is 0 Å². The highest BCUT2D eigenvalue weighted by Crippen LogP contribution is 2.23. The van der Waals surface area contributed by atoms with Crippen LogP contribution in [-0.2, 0) is 11.2 Å². The van der Waals surface area contributed by atoms with Crippen LogP contribution in [0.1, 0.15) is 50.8 Å². The van der Waals surface area contributed by atoms with Crippen LogP contribution in [0, 0.1) is 0 Å². The predicted octanol–water partition coefficient (Wildman–Crippen LogP) is 3.20. The molecule has 20 heavy (non-hydrogen) atoms. The molecule has 4 nitrogen and oxygen atoms in total. The minimum absolute atomic E-state index is 0.480. The number of hydrogen-bond donors (Lipinski definition) is 2. The van der Waals surface area contributed by atoms with Gasteiger partial charge in [0.1, 0.15) is 12.2 Å². The molecule has 1 amide bonds. The van der Waals surface area contributed by atoms with Gasteiger partial charge in [-0.05, 0) is 30.9 Å². The van der Waals surface area contributed by atoms with Crippen LogP contribution in [0.5, 0.6) is 0 Å². The summed E-state index contributed by atoms with van der Waals surface area (Å²) >= 11 is 0. The zero-order valence-electron chi connectivity index (χ0n) is 12.6. The van der Waals surface area contributed by atoms with E-state index in [1.807, 2.05) is 31.2 Å². The molecule has 0 bridgehead atoms. The highest BCUT2D eigenvalue weighted by atomic mass is 16.6. The first kappa shape index (κ1) is 16.5. The maximum atomic E-state index is 11.5. The SMILES string of the molecule is CCCNC(=O)OC(C)C(O)c1ccccc1CCC. The maximum absolute atomic E-state index is 11.5. The summed E-state index contributed by atoms with van der Waals surface area (Å²) in [5.41, 5.74) is 1.94. The van der Waals surface area contributed by atoms with Crippen LogP contribution in [-0.4, -0.2) is 23.8 Å². The Morgan fingerprint density at radius 3 is 2.65 bits per heavy atom. The van der Waals surface area contributed by atoms with Crippen LogP contribution in [0.15, 0.2) is 24.3 Å². The highest BCUT2D eigenvalue weighted by molar-refractivity contribution is 5.67. The fourth-order valence-corrected chi connectivity index (χ4v) is 2.07. The van der Waals surface area contributed by atoms with E-state index in [4.69, 9.17) is 4.74 Å². The molecule has 1 rings (SSSR count). The van der Waals surface area contributed by atoms with Crippen molar-refractivity contribution < 1.29 is 14.6 Å². The summed E-state index contributed by atoms with van der Waals surface area (Å²) in [4.78, 5) is 11.5. The van der Waals surface area contributed by atoms with Crippen molar-refractivity contribution >= 4 is 6.09 Å². The molecule has 0 radical (unpaired) electrons. The van der Waals surface area contributed by atoms with E-state index in [2.05, 4.69) is 12.2 Å². The van der Waals surface area contributed by atoms with E-state index in [9.17, 15) is 9.90 Å². The Bertz CT molecular complexity index is 420. The van der Waals surface area contributed by atoms with Gasteiger partial charge >= 0.3 is 6.09 Å². The third-order valence-corrected chi connectivity index (χ3v) is 3.15. The van der Waals surface area contributed by atoms with Crippen molar-refractivity contribution in [1.82, 2.24) is 5.32 Å². The normalized spacial score (nSPS) is 13.6.